The molecular formula is C33H52N6O11. The second kappa shape index (κ2) is 20.7. The number of aliphatic hydroxyl groups is 1. The zero-order valence-electron chi connectivity index (χ0n) is 29.3. The third-order valence-electron chi connectivity index (χ3n) is 7.46. The zero-order chi connectivity index (χ0) is 38.3. The van der Waals surface area contributed by atoms with E-state index in [1.54, 1.807) is 41.5 Å². The predicted molar refractivity (Wildman–Crippen MR) is 180 cm³/mol. The molecule has 1 rings (SSSR count). The minimum absolute atomic E-state index is 0.0453. The van der Waals surface area contributed by atoms with Gasteiger partial charge in [0.05, 0.1) is 13.0 Å². The van der Waals surface area contributed by atoms with Gasteiger partial charge in [-0.3, -0.25) is 28.8 Å². The van der Waals surface area contributed by atoms with Crippen molar-refractivity contribution in [2.75, 3.05) is 6.61 Å². The molecule has 0 unspecified atom stereocenters. The maximum Gasteiger partial charge on any atom is 0.326 e. The van der Waals surface area contributed by atoms with Gasteiger partial charge in [0.2, 0.25) is 29.5 Å². The minimum Gasteiger partial charge on any atom is -0.508 e. The molecule has 5 amide bonds. The van der Waals surface area contributed by atoms with Crippen molar-refractivity contribution in [1.29, 1.82) is 0 Å². The summed E-state index contributed by atoms with van der Waals surface area (Å²) in [7, 11) is 0. The number of phenols is 1. The number of hydrogen-bond donors (Lipinski definition) is 10. The van der Waals surface area contributed by atoms with Crippen molar-refractivity contribution >= 4 is 41.5 Å². The number of phenolic OH excluding ortho intramolecular Hbond substituents is 1. The highest BCUT2D eigenvalue weighted by Gasteiger charge is 2.34. The van der Waals surface area contributed by atoms with E-state index in [9.17, 15) is 54.0 Å². The maximum absolute atomic E-state index is 13.6. The Morgan fingerprint density at radius 1 is 0.640 bits per heavy atom. The summed E-state index contributed by atoms with van der Waals surface area (Å²) in [5.41, 5.74) is 6.02. The van der Waals surface area contributed by atoms with Gasteiger partial charge in [-0.2, -0.15) is 0 Å². The van der Waals surface area contributed by atoms with E-state index in [1.807, 2.05) is 0 Å². The summed E-state index contributed by atoms with van der Waals surface area (Å²) >= 11 is 0. The number of hydrogen-bond acceptors (Lipinski definition) is 10. The van der Waals surface area contributed by atoms with Crippen LogP contribution in [-0.2, 0) is 40.0 Å². The Labute approximate surface area is 291 Å². The number of carbonyl (C=O) groups excluding carboxylic acids is 5. The fraction of sp³-hybridized carbons (Fsp3) is 0.606. The Morgan fingerprint density at radius 3 is 1.50 bits per heavy atom. The monoisotopic (exact) mass is 708 g/mol. The third kappa shape index (κ3) is 15.2. The summed E-state index contributed by atoms with van der Waals surface area (Å²) in [6.07, 6.45) is -0.937. The first-order valence-corrected chi connectivity index (χ1v) is 16.4. The Bertz CT molecular complexity index is 1340. The number of carboxylic acid groups (broad SMARTS) is 2. The fourth-order valence-electron chi connectivity index (χ4n) is 4.81. The van der Waals surface area contributed by atoms with Gasteiger partial charge in [-0.05, 0) is 48.3 Å². The number of nitrogens with one attached hydrogen (secondary N) is 5. The highest BCUT2D eigenvalue weighted by Crippen LogP contribution is 2.13. The smallest absolute Gasteiger partial charge is 0.326 e. The van der Waals surface area contributed by atoms with Crippen LogP contribution in [0.2, 0.25) is 0 Å². The molecule has 0 aliphatic rings. The van der Waals surface area contributed by atoms with Gasteiger partial charge in [-0.1, -0.05) is 53.7 Å². The van der Waals surface area contributed by atoms with Crippen LogP contribution in [0.15, 0.2) is 24.3 Å². The maximum atomic E-state index is 13.6. The van der Waals surface area contributed by atoms with Gasteiger partial charge in [0.25, 0.3) is 0 Å². The summed E-state index contributed by atoms with van der Waals surface area (Å²) in [5.74, 6) is -7.93. The lowest BCUT2D eigenvalue weighted by molar-refractivity contribution is -0.143. The minimum atomic E-state index is -1.72. The van der Waals surface area contributed by atoms with E-state index in [0.717, 1.165) is 0 Å². The Kier molecular flexibility index (Phi) is 17.9. The van der Waals surface area contributed by atoms with Gasteiger partial charge in [0.1, 0.15) is 42.0 Å². The Hall–Kier alpha value is -4.77. The van der Waals surface area contributed by atoms with Gasteiger partial charge in [-0.15, -0.1) is 0 Å². The number of carboxylic acids is 2. The molecule has 0 radical (unpaired) electrons. The molecule has 6 atom stereocenters. The summed E-state index contributed by atoms with van der Waals surface area (Å²) in [6, 6.07) is -2.52. The van der Waals surface area contributed by atoms with E-state index >= 15 is 0 Å². The van der Waals surface area contributed by atoms with Crippen molar-refractivity contribution in [1.82, 2.24) is 26.6 Å². The lowest BCUT2D eigenvalue weighted by Gasteiger charge is -2.29. The van der Waals surface area contributed by atoms with E-state index in [2.05, 4.69) is 26.6 Å². The van der Waals surface area contributed by atoms with Crippen LogP contribution in [0.3, 0.4) is 0 Å². The number of benzene rings is 1. The van der Waals surface area contributed by atoms with Crippen molar-refractivity contribution in [3.8, 4) is 5.75 Å². The fourth-order valence-corrected chi connectivity index (χ4v) is 4.81. The topological polar surface area (TPSA) is 287 Å². The Morgan fingerprint density at radius 2 is 1.08 bits per heavy atom. The van der Waals surface area contributed by atoms with Gasteiger partial charge in [0.15, 0.2) is 0 Å². The predicted octanol–water partition coefficient (Wildman–Crippen LogP) is -1.01. The molecule has 0 heterocycles. The van der Waals surface area contributed by atoms with Crippen molar-refractivity contribution < 1.29 is 54.0 Å². The SMILES string of the molecule is CC(C)C[C@H](NC(=O)[C@H](CC(C)C)NC(=O)[C@@H](NC(=O)[C@@H](N)CO)C(C)C)C(=O)N[C@@H](CC(=O)O)C(=O)N[C@@H](Cc1ccc(O)cc1)C(=O)O. The van der Waals surface area contributed by atoms with Crippen molar-refractivity contribution in [2.45, 2.75) is 103 Å². The summed E-state index contributed by atoms with van der Waals surface area (Å²) in [4.78, 5) is 89.4. The number of rotatable bonds is 21. The first kappa shape index (κ1) is 43.3. The second-order valence-corrected chi connectivity index (χ2v) is 13.3. The van der Waals surface area contributed by atoms with Crippen LogP contribution in [0.5, 0.6) is 5.75 Å². The average Bonchev–Trinajstić information content (AvgIpc) is 3.01. The Balaban J connectivity index is 3.23. The molecule has 17 heteroatoms. The molecule has 0 aliphatic carbocycles. The van der Waals surface area contributed by atoms with Crippen LogP contribution in [0.1, 0.15) is 66.4 Å². The normalized spacial score (nSPS) is 14.9. The van der Waals surface area contributed by atoms with Gasteiger partial charge < -0.3 is 52.7 Å². The molecule has 11 N–H and O–H groups in total. The highest BCUT2D eigenvalue weighted by atomic mass is 16.4. The molecule has 1 aromatic rings. The first-order valence-electron chi connectivity index (χ1n) is 16.4. The van der Waals surface area contributed by atoms with Crippen LogP contribution in [-0.4, -0.2) is 105 Å². The molecule has 0 aromatic heterocycles. The molecule has 0 fully saturated rings. The second-order valence-electron chi connectivity index (χ2n) is 13.3. The first-order chi connectivity index (χ1) is 23.2. The molecule has 280 valence electrons. The molecular weight excluding hydrogens is 656 g/mol. The summed E-state index contributed by atoms with van der Waals surface area (Å²) in [5, 5.41) is 50.1. The summed E-state index contributed by atoms with van der Waals surface area (Å²) in [6.45, 7) is 9.78. The van der Waals surface area contributed by atoms with Crippen LogP contribution < -0.4 is 32.3 Å². The average molecular weight is 709 g/mol. The largest absolute Gasteiger partial charge is 0.508 e. The number of amides is 5. The van der Waals surface area contributed by atoms with E-state index in [4.69, 9.17) is 5.73 Å². The van der Waals surface area contributed by atoms with Gasteiger partial charge in [0, 0.05) is 6.42 Å². The van der Waals surface area contributed by atoms with Gasteiger partial charge >= 0.3 is 11.9 Å². The van der Waals surface area contributed by atoms with Crippen molar-refractivity contribution in [2.24, 2.45) is 23.5 Å². The molecule has 1 aromatic carbocycles. The van der Waals surface area contributed by atoms with Crippen LogP contribution >= 0.6 is 0 Å². The van der Waals surface area contributed by atoms with E-state index < -0.39 is 96.7 Å². The van der Waals surface area contributed by atoms with E-state index in [0.29, 0.717) is 5.56 Å². The zero-order valence-corrected chi connectivity index (χ0v) is 29.3. The lowest BCUT2D eigenvalue weighted by Crippen LogP contribution is -2.60. The number of aromatic hydroxyl groups is 1. The van der Waals surface area contributed by atoms with Crippen molar-refractivity contribution in [3.05, 3.63) is 29.8 Å². The number of carbonyl (C=O) groups is 7. The molecule has 0 aliphatic heterocycles. The molecule has 0 bridgehead atoms. The number of aliphatic hydroxyl groups excluding tert-OH is 1. The van der Waals surface area contributed by atoms with E-state index in [1.165, 1.54) is 24.3 Å². The quantitative estimate of drug-likeness (QED) is 0.0735. The number of nitrogens with two attached hydrogens (primary N) is 1. The van der Waals surface area contributed by atoms with Crippen molar-refractivity contribution in [3.63, 3.8) is 0 Å². The molecule has 0 saturated carbocycles. The molecule has 50 heavy (non-hydrogen) atoms. The van der Waals surface area contributed by atoms with E-state index in [-0.39, 0.29) is 36.8 Å². The summed E-state index contributed by atoms with van der Waals surface area (Å²) < 4.78 is 0. The highest BCUT2D eigenvalue weighted by molar-refractivity contribution is 5.97. The van der Waals surface area contributed by atoms with Gasteiger partial charge in [-0.25, -0.2) is 4.79 Å². The third-order valence-corrected chi connectivity index (χ3v) is 7.46. The number of aliphatic carboxylic acids is 2. The van der Waals surface area contributed by atoms with Crippen LogP contribution in [0.25, 0.3) is 0 Å². The molecule has 0 spiro atoms. The molecule has 0 saturated heterocycles. The van der Waals surface area contributed by atoms with Crippen LogP contribution in [0, 0.1) is 17.8 Å². The molecule has 17 nitrogen and oxygen atoms in total. The standard InChI is InChI=1S/C33H52N6O11/c1-16(2)11-22(35-30(46)23(12-17(3)4)37-32(48)27(18(5)6)39-28(44)21(34)15-40)29(45)36-24(14-26(42)43)31(47)38-25(33(49)50)13-19-7-9-20(41)10-8-19/h7-10,16-18,21-25,27,40-41H,11-15,34H2,1-6H3,(H,35,46)(H,36,45)(H,37,48)(H,38,47)(H,39,44)(H,42,43)(H,49,50)/t21-,22-,23-,24-,25-,27-/m0/s1. The van der Waals surface area contributed by atoms with Crippen LogP contribution in [0.4, 0.5) is 0 Å². The lowest BCUT2D eigenvalue weighted by atomic mass is 9.98.